The first-order valence-corrected chi connectivity index (χ1v) is 6.07. The van der Waals surface area contributed by atoms with Gasteiger partial charge in [0.1, 0.15) is 11.6 Å². The summed E-state index contributed by atoms with van der Waals surface area (Å²) in [5, 5.41) is 3.11. The van der Waals surface area contributed by atoms with Crippen LogP contribution in [-0.4, -0.2) is 31.8 Å². The average Bonchev–Trinajstić information content (AvgIpc) is 2.81. The van der Waals surface area contributed by atoms with Crippen molar-refractivity contribution in [3.8, 4) is 5.75 Å². The summed E-state index contributed by atoms with van der Waals surface area (Å²) in [5.41, 5.74) is 2.70. The minimum Gasteiger partial charge on any atom is -0.496 e. The van der Waals surface area contributed by atoms with Gasteiger partial charge in [-0.3, -0.25) is 9.79 Å². The molecule has 1 heterocycles. The third kappa shape index (κ3) is 2.53. The molecule has 2 rings (SSSR count). The molecule has 0 bridgehead atoms. The topological polar surface area (TPSA) is 50.7 Å². The van der Waals surface area contributed by atoms with E-state index in [1.807, 2.05) is 26.0 Å². The molecule has 1 aliphatic heterocycles. The molecule has 0 amide bonds. The molecule has 4 heteroatoms. The third-order valence-electron chi connectivity index (χ3n) is 3.06. The van der Waals surface area contributed by atoms with Gasteiger partial charge in [-0.25, -0.2) is 0 Å². The summed E-state index contributed by atoms with van der Waals surface area (Å²) in [6, 6.07) is 3.76. The van der Waals surface area contributed by atoms with Crippen LogP contribution in [0.2, 0.25) is 0 Å². The van der Waals surface area contributed by atoms with Crippen molar-refractivity contribution in [2.24, 2.45) is 4.99 Å². The van der Waals surface area contributed by atoms with Crippen molar-refractivity contribution in [3.63, 3.8) is 0 Å². The van der Waals surface area contributed by atoms with E-state index in [0.717, 1.165) is 41.4 Å². The van der Waals surface area contributed by atoms with E-state index in [9.17, 15) is 4.79 Å². The molecule has 0 radical (unpaired) electrons. The molecule has 1 aromatic rings. The Labute approximate surface area is 107 Å². The maximum atomic E-state index is 12.1. The van der Waals surface area contributed by atoms with Crippen LogP contribution in [0.5, 0.6) is 5.75 Å². The van der Waals surface area contributed by atoms with Gasteiger partial charge in [0.2, 0.25) is 0 Å². The second-order valence-corrected chi connectivity index (χ2v) is 4.50. The number of methoxy groups -OCH3 is 1. The SMILES string of the molecule is COc1c(C)cc(C(=O)CC2=NCCN2)cc1C. The highest BCUT2D eigenvalue weighted by Gasteiger charge is 2.15. The van der Waals surface area contributed by atoms with Gasteiger partial charge >= 0.3 is 0 Å². The lowest BCUT2D eigenvalue weighted by atomic mass is 10.0. The number of rotatable bonds is 4. The molecule has 1 aromatic carbocycles. The molecule has 0 fully saturated rings. The number of aryl methyl sites for hydroxylation is 2. The molecular formula is C14H18N2O2. The third-order valence-corrected chi connectivity index (χ3v) is 3.06. The number of Topliss-reactive ketones (excluding diaryl/α,β-unsaturated/α-hetero) is 1. The van der Waals surface area contributed by atoms with Crippen LogP contribution in [0.15, 0.2) is 17.1 Å². The number of hydrogen-bond acceptors (Lipinski definition) is 4. The first-order chi connectivity index (χ1) is 8.61. The number of carbonyl (C=O) groups excluding carboxylic acids is 1. The van der Waals surface area contributed by atoms with Crippen LogP contribution in [0.1, 0.15) is 27.9 Å². The molecule has 1 aliphatic rings. The molecule has 1 N–H and O–H groups in total. The van der Waals surface area contributed by atoms with Crippen molar-refractivity contribution >= 4 is 11.6 Å². The van der Waals surface area contributed by atoms with Crippen LogP contribution in [0.3, 0.4) is 0 Å². The van der Waals surface area contributed by atoms with Crippen LogP contribution >= 0.6 is 0 Å². The Balaban J connectivity index is 2.20. The van der Waals surface area contributed by atoms with Gasteiger partial charge in [0.05, 0.1) is 20.1 Å². The first-order valence-electron chi connectivity index (χ1n) is 6.07. The fourth-order valence-corrected chi connectivity index (χ4v) is 2.25. The van der Waals surface area contributed by atoms with E-state index in [1.165, 1.54) is 0 Å². The molecule has 0 saturated heterocycles. The van der Waals surface area contributed by atoms with E-state index < -0.39 is 0 Å². The Bertz CT molecular complexity index is 484. The number of hydrogen-bond donors (Lipinski definition) is 1. The molecule has 4 nitrogen and oxygen atoms in total. The highest BCUT2D eigenvalue weighted by Crippen LogP contribution is 2.24. The fraction of sp³-hybridized carbons (Fsp3) is 0.429. The van der Waals surface area contributed by atoms with Crippen molar-refractivity contribution in [2.75, 3.05) is 20.2 Å². The molecule has 0 aromatic heterocycles. The standard InChI is InChI=1S/C14H18N2O2/c1-9-6-11(7-10(2)14(9)18-3)12(17)8-13-15-4-5-16-13/h6-7H,4-5,8H2,1-3H3,(H,15,16). The zero-order valence-corrected chi connectivity index (χ0v) is 11.0. The molecule has 18 heavy (non-hydrogen) atoms. The Morgan fingerprint density at radius 3 is 2.56 bits per heavy atom. The summed E-state index contributed by atoms with van der Waals surface area (Å²) in [6.07, 6.45) is 0.352. The summed E-state index contributed by atoms with van der Waals surface area (Å²) in [7, 11) is 1.65. The molecule has 0 saturated carbocycles. The Morgan fingerprint density at radius 2 is 2.06 bits per heavy atom. The van der Waals surface area contributed by atoms with Gasteiger partial charge in [0, 0.05) is 12.1 Å². The summed E-state index contributed by atoms with van der Waals surface area (Å²) >= 11 is 0. The first kappa shape index (κ1) is 12.6. The maximum absolute atomic E-state index is 12.1. The minimum atomic E-state index is 0.0944. The van der Waals surface area contributed by atoms with Crippen LogP contribution in [0.4, 0.5) is 0 Å². The van der Waals surface area contributed by atoms with E-state index in [1.54, 1.807) is 7.11 Å². The van der Waals surface area contributed by atoms with Crippen molar-refractivity contribution in [3.05, 3.63) is 28.8 Å². The Hall–Kier alpha value is -1.84. The number of ketones is 1. The van der Waals surface area contributed by atoms with Crippen molar-refractivity contribution < 1.29 is 9.53 Å². The quantitative estimate of drug-likeness (QED) is 0.825. The van der Waals surface area contributed by atoms with Gasteiger partial charge in [0.25, 0.3) is 0 Å². The minimum absolute atomic E-state index is 0.0944. The summed E-state index contributed by atoms with van der Waals surface area (Å²) in [4.78, 5) is 16.4. The average molecular weight is 246 g/mol. The molecule has 0 spiro atoms. The van der Waals surface area contributed by atoms with Crippen molar-refractivity contribution in [2.45, 2.75) is 20.3 Å². The Morgan fingerprint density at radius 1 is 1.39 bits per heavy atom. The molecule has 96 valence electrons. The van der Waals surface area contributed by atoms with Crippen molar-refractivity contribution in [1.29, 1.82) is 0 Å². The highest BCUT2D eigenvalue weighted by molar-refractivity contribution is 6.09. The fourth-order valence-electron chi connectivity index (χ4n) is 2.25. The van der Waals surface area contributed by atoms with Gasteiger partial charge in [-0.15, -0.1) is 0 Å². The molecule has 0 atom stereocenters. The number of ether oxygens (including phenoxy) is 1. The summed E-state index contributed by atoms with van der Waals surface area (Å²) in [5.74, 6) is 1.74. The summed E-state index contributed by atoms with van der Waals surface area (Å²) in [6.45, 7) is 5.51. The van der Waals surface area contributed by atoms with Gasteiger partial charge < -0.3 is 10.1 Å². The lowest BCUT2D eigenvalue weighted by Gasteiger charge is -2.10. The largest absolute Gasteiger partial charge is 0.496 e. The summed E-state index contributed by atoms with van der Waals surface area (Å²) < 4.78 is 5.30. The lowest BCUT2D eigenvalue weighted by molar-refractivity contribution is 0.1000. The number of aliphatic imine (C=N–C) groups is 1. The smallest absolute Gasteiger partial charge is 0.170 e. The van der Waals surface area contributed by atoms with Gasteiger partial charge in [-0.1, -0.05) is 0 Å². The van der Waals surface area contributed by atoms with E-state index in [4.69, 9.17) is 4.74 Å². The normalized spacial score (nSPS) is 14.1. The number of nitrogens with one attached hydrogen (secondary N) is 1. The zero-order valence-electron chi connectivity index (χ0n) is 11.0. The predicted molar refractivity (Wildman–Crippen MR) is 71.7 cm³/mol. The second-order valence-electron chi connectivity index (χ2n) is 4.50. The Kier molecular flexibility index (Phi) is 3.65. The monoisotopic (exact) mass is 246 g/mol. The number of carbonyl (C=O) groups is 1. The van der Waals surface area contributed by atoms with Crippen molar-refractivity contribution in [1.82, 2.24) is 5.32 Å². The maximum Gasteiger partial charge on any atom is 0.170 e. The van der Waals surface area contributed by atoms with Crippen LogP contribution in [0.25, 0.3) is 0 Å². The van der Waals surface area contributed by atoms with Crippen LogP contribution < -0.4 is 10.1 Å². The lowest BCUT2D eigenvalue weighted by Crippen LogP contribution is -2.21. The van der Waals surface area contributed by atoms with Crippen LogP contribution in [0, 0.1) is 13.8 Å². The molecule has 0 unspecified atom stereocenters. The number of amidine groups is 1. The van der Waals surface area contributed by atoms with Gasteiger partial charge in [-0.2, -0.15) is 0 Å². The highest BCUT2D eigenvalue weighted by atomic mass is 16.5. The van der Waals surface area contributed by atoms with Crippen LogP contribution in [-0.2, 0) is 0 Å². The second kappa shape index (κ2) is 5.21. The predicted octanol–water partition coefficient (Wildman–Crippen LogP) is 1.89. The van der Waals surface area contributed by atoms with Gasteiger partial charge in [0.15, 0.2) is 5.78 Å². The van der Waals surface area contributed by atoms with E-state index in [2.05, 4.69) is 10.3 Å². The number of nitrogens with zero attached hydrogens (tertiary/aromatic N) is 1. The van der Waals surface area contributed by atoms with E-state index in [0.29, 0.717) is 6.42 Å². The van der Waals surface area contributed by atoms with E-state index in [-0.39, 0.29) is 5.78 Å². The molecule has 0 aliphatic carbocycles. The zero-order chi connectivity index (χ0) is 13.1. The number of benzene rings is 1. The molecular weight excluding hydrogens is 228 g/mol. The van der Waals surface area contributed by atoms with E-state index >= 15 is 0 Å². The van der Waals surface area contributed by atoms with Gasteiger partial charge in [-0.05, 0) is 37.1 Å².